The molecule has 0 aliphatic heterocycles. The van der Waals surface area contributed by atoms with Crippen molar-refractivity contribution in [1.82, 2.24) is 9.47 Å². The van der Waals surface area contributed by atoms with Gasteiger partial charge in [-0.25, -0.2) is 0 Å². The van der Waals surface area contributed by atoms with E-state index in [0.717, 1.165) is 55.2 Å². The fraction of sp³-hybridized carbons (Fsp3) is 0.387. The highest BCUT2D eigenvalue weighted by Gasteiger charge is 2.20. The number of carbonyl (C=O) groups is 3. The minimum absolute atomic E-state index is 0.0460. The zero-order chi connectivity index (χ0) is 27.5. The Bertz CT molecular complexity index is 1270. The number of benzene rings is 2. The minimum Gasteiger partial charge on any atom is -0.497 e. The summed E-state index contributed by atoms with van der Waals surface area (Å²) in [5.74, 6) is -0.244. The number of hydrogen-bond acceptors (Lipinski definition) is 4. The van der Waals surface area contributed by atoms with Gasteiger partial charge in [-0.05, 0) is 37.0 Å². The molecule has 0 aliphatic rings. The van der Waals surface area contributed by atoms with Crippen LogP contribution in [0.4, 0.5) is 0 Å². The first kappa shape index (κ1) is 28.7. The molecule has 7 heteroatoms. The Morgan fingerprint density at radius 1 is 1.00 bits per heavy atom. The normalized spacial score (nSPS) is 11.2. The lowest BCUT2D eigenvalue weighted by atomic mass is 10.0. The lowest BCUT2D eigenvalue weighted by molar-refractivity contribution is -0.137. The average molecular weight is 519 g/mol. The van der Waals surface area contributed by atoms with Gasteiger partial charge in [-0.1, -0.05) is 63.1 Å². The summed E-state index contributed by atoms with van der Waals surface area (Å²) in [6, 6.07) is 12.8. The highest BCUT2D eigenvalue weighted by Crippen LogP contribution is 2.28. The van der Waals surface area contributed by atoms with Crippen LogP contribution in [0.5, 0.6) is 5.75 Å². The van der Waals surface area contributed by atoms with Gasteiger partial charge in [-0.2, -0.15) is 0 Å². The quantitative estimate of drug-likeness (QED) is 0.242. The van der Waals surface area contributed by atoms with Gasteiger partial charge in [0.25, 0.3) is 0 Å². The number of carbonyl (C=O) groups excluding carboxylic acids is 2. The Hall–Kier alpha value is -3.87. The van der Waals surface area contributed by atoms with Crippen LogP contribution in [0.3, 0.4) is 0 Å². The van der Waals surface area contributed by atoms with E-state index in [-0.39, 0.29) is 24.7 Å². The van der Waals surface area contributed by atoms with Crippen molar-refractivity contribution in [2.75, 3.05) is 20.2 Å². The molecule has 7 nitrogen and oxygen atoms in total. The second-order valence-corrected chi connectivity index (χ2v) is 9.43. The Morgan fingerprint density at radius 2 is 1.68 bits per heavy atom. The van der Waals surface area contributed by atoms with Gasteiger partial charge in [0.05, 0.1) is 12.6 Å². The molecule has 1 N–H and O–H groups in total. The Morgan fingerprint density at radius 3 is 2.29 bits per heavy atom. The van der Waals surface area contributed by atoms with E-state index in [9.17, 15) is 14.4 Å². The van der Waals surface area contributed by atoms with Crippen molar-refractivity contribution < 1.29 is 24.2 Å². The van der Waals surface area contributed by atoms with E-state index >= 15 is 0 Å². The van der Waals surface area contributed by atoms with Crippen molar-refractivity contribution in [2.24, 2.45) is 0 Å². The molecular formula is C31H38N2O5. The maximum absolute atomic E-state index is 13.6. The monoisotopic (exact) mass is 518 g/mol. The fourth-order valence-electron chi connectivity index (χ4n) is 4.34. The van der Waals surface area contributed by atoms with Crippen LogP contribution >= 0.6 is 0 Å². The minimum atomic E-state index is -0.830. The molecule has 1 heterocycles. The SMILES string of the molecule is CCCCN(CCCC)C(=O)Cn1cc(C(=O)c2ccc(C=CCCC(=O)O)cc2)c2ccc(OC)cc21. The molecule has 0 bridgehead atoms. The van der Waals surface area contributed by atoms with E-state index < -0.39 is 5.97 Å². The van der Waals surface area contributed by atoms with Crippen molar-refractivity contribution in [1.29, 1.82) is 0 Å². The van der Waals surface area contributed by atoms with Crippen molar-refractivity contribution in [2.45, 2.75) is 58.9 Å². The van der Waals surface area contributed by atoms with Crippen LogP contribution in [0.15, 0.2) is 54.7 Å². The van der Waals surface area contributed by atoms with Crippen molar-refractivity contribution in [3.8, 4) is 5.75 Å². The van der Waals surface area contributed by atoms with E-state index in [1.54, 1.807) is 25.4 Å². The third kappa shape index (κ3) is 7.57. The largest absolute Gasteiger partial charge is 0.497 e. The number of amides is 1. The van der Waals surface area contributed by atoms with Crippen LogP contribution < -0.4 is 4.74 Å². The standard InChI is InChI=1S/C31H38N2O5/c1-4-6-18-32(19-7-5-2)29(34)22-33-21-27(26-17-16-25(38-3)20-28(26)33)31(37)24-14-12-23(13-15-24)10-8-9-11-30(35)36/h8,10,12-17,20-21H,4-7,9,11,18-19,22H2,1-3H3,(H,35,36). The van der Waals surface area contributed by atoms with Crippen LogP contribution in [-0.2, 0) is 16.1 Å². The van der Waals surface area contributed by atoms with Gasteiger partial charge in [-0.15, -0.1) is 0 Å². The second-order valence-electron chi connectivity index (χ2n) is 9.43. The van der Waals surface area contributed by atoms with Crippen LogP contribution in [0.1, 0.15) is 73.9 Å². The first-order valence-electron chi connectivity index (χ1n) is 13.4. The molecule has 0 unspecified atom stereocenters. The second kappa shape index (κ2) is 14.2. The zero-order valence-corrected chi connectivity index (χ0v) is 22.6. The Kier molecular flexibility index (Phi) is 10.7. The van der Waals surface area contributed by atoms with Gasteiger partial charge in [0.2, 0.25) is 5.91 Å². The molecule has 2 aromatic carbocycles. The molecule has 0 aliphatic carbocycles. The van der Waals surface area contributed by atoms with E-state index in [0.29, 0.717) is 23.3 Å². The topological polar surface area (TPSA) is 88.8 Å². The predicted octanol–water partition coefficient (Wildman–Crippen LogP) is 6.19. The lowest BCUT2D eigenvalue weighted by Crippen LogP contribution is -2.35. The summed E-state index contributed by atoms with van der Waals surface area (Å²) in [5, 5.41) is 9.54. The molecule has 0 atom stereocenters. The van der Waals surface area contributed by atoms with Gasteiger partial charge >= 0.3 is 5.97 Å². The number of ketones is 1. The third-order valence-corrected chi connectivity index (χ3v) is 6.56. The molecule has 3 rings (SSSR count). The van der Waals surface area contributed by atoms with Gasteiger partial charge in [0.15, 0.2) is 5.78 Å². The summed E-state index contributed by atoms with van der Waals surface area (Å²) in [7, 11) is 1.60. The number of aliphatic carboxylic acids is 1. The van der Waals surface area contributed by atoms with Crippen LogP contribution in [0.25, 0.3) is 17.0 Å². The smallest absolute Gasteiger partial charge is 0.303 e. The first-order chi connectivity index (χ1) is 18.4. The Balaban J connectivity index is 1.88. The molecular weight excluding hydrogens is 480 g/mol. The lowest BCUT2D eigenvalue weighted by Gasteiger charge is -2.23. The molecule has 0 spiro atoms. The number of methoxy groups -OCH3 is 1. The van der Waals surface area contributed by atoms with E-state index in [4.69, 9.17) is 9.84 Å². The van der Waals surface area contributed by atoms with Crippen LogP contribution in [-0.4, -0.2) is 52.4 Å². The van der Waals surface area contributed by atoms with Gasteiger partial charge in [-0.3, -0.25) is 14.4 Å². The number of hydrogen-bond donors (Lipinski definition) is 1. The number of carboxylic acid groups (broad SMARTS) is 1. The van der Waals surface area contributed by atoms with Crippen LogP contribution in [0.2, 0.25) is 0 Å². The van der Waals surface area contributed by atoms with Crippen molar-refractivity contribution in [3.63, 3.8) is 0 Å². The summed E-state index contributed by atoms with van der Waals surface area (Å²) in [5.41, 5.74) is 2.75. The average Bonchev–Trinajstić information content (AvgIpc) is 3.28. The number of allylic oxidation sites excluding steroid dienone is 1. The van der Waals surface area contributed by atoms with Crippen LogP contribution in [0, 0.1) is 0 Å². The molecule has 0 fully saturated rings. The number of ether oxygens (including phenoxy) is 1. The molecule has 38 heavy (non-hydrogen) atoms. The van der Waals surface area contributed by atoms with E-state index in [1.807, 2.05) is 52.0 Å². The fourth-order valence-corrected chi connectivity index (χ4v) is 4.34. The summed E-state index contributed by atoms with van der Waals surface area (Å²) in [4.78, 5) is 39.5. The number of fused-ring (bicyclic) bond motifs is 1. The number of nitrogens with zero attached hydrogens (tertiary/aromatic N) is 2. The van der Waals surface area contributed by atoms with E-state index in [1.165, 1.54) is 0 Å². The molecule has 0 radical (unpaired) electrons. The van der Waals surface area contributed by atoms with Gasteiger partial charge in [0.1, 0.15) is 12.3 Å². The van der Waals surface area contributed by atoms with Gasteiger partial charge < -0.3 is 19.3 Å². The number of aromatic nitrogens is 1. The maximum atomic E-state index is 13.6. The molecule has 1 aromatic heterocycles. The number of rotatable bonds is 15. The summed E-state index contributed by atoms with van der Waals surface area (Å²) >= 11 is 0. The summed E-state index contributed by atoms with van der Waals surface area (Å²) in [6.45, 7) is 5.87. The molecule has 202 valence electrons. The molecule has 0 saturated carbocycles. The molecule has 0 saturated heterocycles. The van der Waals surface area contributed by atoms with Crippen molar-refractivity contribution >= 4 is 34.6 Å². The maximum Gasteiger partial charge on any atom is 0.303 e. The summed E-state index contributed by atoms with van der Waals surface area (Å²) in [6.07, 6.45) is 9.95. The first-order valence-corrected chi connectivity index (χ1v) is 13.4. The number of unbranched alkanes of at least 4 members (excludes halogenated alkanes) is 2. The summed E-state index contributed by atoms with van der Waals surface area (Å²) < 4.78 is 7.28. The zero-order valence-electron chi connectivity index (χ0n) is 22.6. The molecule has 3 aromatic rings. The predicted molar refractivity (Wildman–Crippen MR) is 151 cm³/mol. The molecule has 1 amide bonds. The third-order valence-electron chi connectivity index (χ3n) is 6.56. The number of carboxylic acids is 1. The van der Waals surface area contributed by atoms with Gasteiger partial charge in [0, 0.05) is 48.3 Å². The highest BCUT2D eigenvalue weighted by atomic mass is 16.5. The van der Waals surface area contributed by atoms with E-state index in [2.05, 4.69) is 13.8 Å². The Labute approximate surface area is 224 Å². The van der Waals surface area contributed by atoms with Crippen molar-refractivity contribution in [3.05, 3.63) is 71.4 Å². The highest BCUT2D eigenvalue weighted by molar-refractivity contribution is 6.16.